The molecule has 0 bridgehead atoms. The molecule has 0 saturated heterocycles. The van der Waals surface area contributed by atoms with Crippen molar-refractivity contribution < 1.29 is 9.13 Å². The Kier molecular flexibility index (Phi) is 1.75. The minimum atomic E-state index is -0.175. The van der Waals surface area contributed by atoms with Gasteiger partial charge in [-0.05, 0) is 36.1 Å². The normalized spacial score (nSPS) is 21.3. The van der Waals surface area contributed by atoms with Crippen LogP contribution in [0.1, 0.15) is 24.8 Å². The van der Waals surface area contributed by atoms with Gasteiger partial charge in [0.15, 0.2) is 0 Å². The van der Waals surface area contributed by atoms with Gasteiger partial charge in [0, 0.05) is 0 Å². The quantitative estimate of drug-likeness (QED) is 0.575. The first-order valence-corrected chi connectivity index (χ1v) is 4.19. The van der Waals surface area contributed by atoms with Crippen molar-refractivity contribution in [2.24, 2.45) is 0 Å². The summed E-state index contributed by atoms with van der Waals surface area (Å²) in [6.45, 7) is 2.85. The van der Waals surface area contributed by atoms with E-state index in [1.54, 1.807) is 12.1 Å². The molecule has 0 saturated carbocycles. The van der Waals surface area contributed by atoms with Crippen LogP contribution in [0.4, 0.5) is 4.39 Å². The molecule has 0 spiro atoms. The summed E-state index contributed by atoms with van der Waals surface area (Å²) in [6.07, 6.45) is 0.983. The Hall–Kier alpha value is -1.05. The fraction of sp³-hybridized carbons (Fsp3) is 0.400. The molecule has 12 heavy (non-hydrogen) atoms. The Balaban J connectivity index is 2.47. The fourth-order valence-electron chi connectivity index (χ4n) is 1.54. The predicted molar refractivity (Wildman–Crippen MR) is 44.9 cm³/mol. The van der Waals surface area contributed by atoms with Crippen molar-refractivity contribution in [3.63, 3.8) is 0 Å². The molecule has 0 amide bonds. The zero-order valence-electron chi connectivity index (χ0n) is 7.01. The molecule has 1 aromatic rings. The van der Waals surface area contributed by atoms with Crippen molar-refractivity contribution in [3.8, 4) is 5.75 Å². The molecule has 1 aliphatic rings. The van der Waals surface area contributed by atoms with Crippen LogP contribution in [0.15, 0.2) is 18.2 Å². The molecule has 0 aromatic heterocycles. The van der Waals surface area contributed by atoms with Crippen LogP contribution in [0.2, 0.25) is 0 Å². The Bertz CT molecular complexity index is 296. The van der Waals surface area contributed by atoms with Crippen molar-refractivity contribution in [1.82, 2.24) is 0 Å². The van der Waals surface area contributed by atoms with Crippen LogP contribution in [0.3, 0.4) is 0 Å². The Morgan fingerprint density at radius 3 is 3.17 bits per heavy atom. The van der Waals surface area contributed by atoms with Crippen LogP contribution >= 0.6 is 0 Å². The van der Waals surface area contributed by atoms with E-state index in [9.17, 15) is 4.39 Å². The molecular weight excluding hydrogens is 155 g/mol. The van der Waals surface area contributed by atoms with E-state index in [1.807, 2.05) is 0 Å². The summed E-state index contributed by atoms with van der Waals surface area (Å²) in [7, 11) is 0. The van der Waals surface area contributed by atoms with Crippen LogP contribution in [0.25, 0.3) is 0 Å². The summed E-state index contributed by atoms with van der Waals surface area (Å²) in [5, 5.41) is 0. The van der Waals surface area contributed by atoms with Gasteiger partial charge in [-0.2, -0.15) is 0 Å². The van der Waals surface area contributed by atoms with Gasteiger partial charge in [0.1, 0.15) is 11.6 Å². The van der Waals surface area contributed by atoms with Crippen LogP contribution in [0.5, 0.6) is 5.75 Å². The van der Waals surface area contributed by atoms with Gasteiger partial charge >= 0.3 is 0 Å². The molecule has 2 heteroatoms. The molecule has 1 aromatic carbocycles. The monoisotopic (exact) mass is 166 g/mol. The van der Waals surface area contributed by atoms with Crippen molar-refractivity contribution in [2.45, 2.75) is 19.3 Å². The molecule has 1 atom stereocenters. The van der Waals surface area contributed by atoms with Gasteiger partial charge in [-0.3, -0.25) is 0 Å². The first-order chi connectivity index (χ1) is 5.77. The highest BCUT2D eigenvalue weighted by Crippen LogP contribution is 2.33. The van der Waals surface area contributed by atoms with Gasteiger partial charge in [-0.15, -0.1) is 0 Å². The molecule has 0 fully saturated rings. The molecule has 2 rings (SSSR count). The van der Waals surface area contributed by atoms with E-state index in [2.05, 4.69) is 6.92 Å². The first kappa shape index (κ1) is 7.59. The highest BCUT2D eigenvalue weighted by atomic mass is 19.1. The number of fused-ring (bicyclic) bond motifs is 1. The maximum atomic E-state index is 12.8. The number of benzene rings is 1. The molecule has 1 unspecified atom stereocenters. The molecular formula is C10H11FO. The lowest BCUT2D eigenvalue weighted by Gasteiger charge is -2.22. The Labute approximate surface area is 71.2 Å². The van der Waals surface area contributed by atoms with E-state index >= 15 is 0 Å². The molecule has 64 valence electrons. The largest absolute Gasteiger partial charge is 0.493 e. The summed E-state index contributed by atoms with van der Waals surface area (Å²) in [5.41, 5.74) is 1.00. The van der Waals surface area contributed by atoms with E-state index in [4.69, 9.17) is 4.74 Å². The second-order valence-corrected chi connectivity index (χ2v) is 3.22. The summed E-state index contributed by atoms with van der Waals surface area (Å²) in [6, 6.07) is 4.72. The molecule has 1 nitrogen and oxygen atoms in total. The van der Waals surface area contributed by atoms with E-state index in [-0.39, 0.29) is 5.82 Å². The zero-order chi connectivity index (χ0) is 8.55. The van der Waals surface area contributed by atoms with Crippen LogP contribution < -0.4 is 4.74 Å². The Morgan fingerprint density at radius 2 is 2.33 bits per heavy atom. The standard InChI is InChI=1S/C10H11FO/c1-7-4-5-12-10-3-2-8(11)6-9(7)10/h2-3,6-7H,4-5H2,1H3. The topological polar surface area (TPSA) is 9.23 Å². The van der Waals surface area contributed by atoms with Crippen LogP contribution in [-0.2, 0) is 0 Å². The zero-order valence-corrected chi connectivity index (χ0v) is 7.01. The van der Waals surface area contributed by atoms with Gasteiger partial charge in [0.05, 0.1) is 6.61 Å². The lowest BCUT2D eigenvalue weighted by Crippen LogP contribution is -2.11. The number of ether oxygens (including phenoxy) is 1. The maximum absolute atomic E-state index is 12.8. The van der Waals surface area contributed by atoms with Gasteiger partial charge < -0.3 is 4.74 Å². The highest BCUT2D eigenvalue weighted by molar-refractivity contribution is 5.37. The number of halogens is 1. The third-order valence-electron chi connectivity index (χ3n) is 2.31. The number of hydrogen-bond donors (Lipinski definition) is 0. The lowest BCUT2D eigenvalue weighted by atomic mass is 9.95. The third-order valence-corrected chi connectivity index (χ3v) is 2.31. The van der Waals surface area contributed by atoms with Crippen LogP contribution in [0, 0.1) is 5.82 Å². The van der Waals surface area contributed by atoms with Gasteiger partial charge in [-0.25, -0.2) is 4.39 Å². The van der Waals surface area contributed by atoms with Gasteiger partial charge in [0.25, 0.3) is 0 Å². The van der Waals surface area contributed by atoms with E-state index in [0.717, 1.165) is 24.3 Å². The molecule has 0 aliphatic carbocycles. The van der Waals surface area contributed by atoms with E-state index in [0.29, 0.717) is 5.92 Å². The van der Waals surface area contributed by atoms with E-state index < -0.39 is 0 Å². The summed E-state index contributed by atoms with van der Waals surface area (Å²) in [5.74, 6) is 1.09. The van der Waals surface area contributed by atoms with Gasteiger partial charge in [0.2, 0.25) is 0 Å². The smallest absolute Gasteiger partial charge is 0.123 e. The third kappa shape index (κ3) is 1.17. The van der Waals surface area contributed by atoms with Gasteiger partial charge in [-0.1, -0.05) is 6.92 Å². The Morgan fingerprint density at radius 1 is 1.50 bits per heavy atom. The van der Waals surface area contributed by atoms with Crippen LogP contribution in [-0.4, -0.2) is 6.61 Å². The highest BCUT2D eigenvalue weighted by Gasteiger charge is 2.17. The lowest BCUT2D eigenvalue weighted by molar-refractivity contribution is 0.271. The second kappa shape index (κ2) is 2.77. The average molecular weight is 166 g/mol. The van der Waals surface area contributed by atoms with Crippen molar-refractivity contribution in [3.05, 3.63) is 29.6 Å². The minimum Gasteiger partial charge on any atom is -0.493 e. The maximum Gasteiger partial charge on any atom is 0.123 e. The molecule has 1 aliphatic heterocycles. The van der Waals surface area contributed by atoms with Crippen molar-refractivity contribution >= 4 is 0 Å². The van der Waals surface area contributed by atoms with Crippen molar-refractivity contribution in [2.75, 3.05) is 6.61 Å². The van der Waals surface area contributed by atoms with E-state index in [1.165, 1.54) is 6.07 Å². The first-order valence-electron chi connectivity index (χ1n) is 4.19. The molecule has 1 heterocycles. The summed E-state index contributed by atoms with van der Waals surface area (Å²) in [4.78, 5) is 0. The average Bonchev–Trinajstić information content (AvgIpc) is 2.07. The van der Waals surface area contributed by atoms with Crippen molar-refractivity contribution in [1.29, 1.82) is 0 Å². The fourth-order valence-corrected chi connectivity index (χ4v) is 1.54. The predicted octanol–water partition coefficient (Wildman–Crippen LogP) is 2.71. The SMILES string of the molecule is CC1CCOc2ccc(F)cc21. The molecule has 0 N–H and O–H groups in total. The number of rotatable bonds is 0. The summed E-state index contributed by atoms with van der Waals surface area (Å²) >= 11 is 0. The number of hydrogen-bond acceptors (Lipinski definition) is 1. The molecule has 0 radical (unpaired) electrons. The summed E-state index contributed by atoms with van der Waals surface area (Å²) < 4.78 is 18.2. The minimum absolute atomic E-state index is 0.175. The second-order valence-electron chi connectivity index (χ2n) is 3.22.